The molecule has 1 saturated heterocycles. The first-order valence-electron chi connectivity index (χ1n) is 23.0. The van der Waals surface area contributed by atoms with Crippen LogP contribution in [-0.2, 0) is 46.4 Å². The van der Waals surface area contributed by atoms with E-state index in [0.717, 1.165) is 41.4 Å². The average molecular weight is 902 g/mol. The molecule has 0 radical (unpaired) electrons. The molecule has 2 heterocycles. The van der Waals surface area contributed by atoms with Crippen molar-refractivity contribution in [1.82, 2.24) is 36.9 Å². The molecule has 0 bridgehead atoms. The Morgan fingerprint density at radius 1 is 0.677 bits per heavy atom. The van der Waals surface area contributed by atoms with Crippen LogP contribution >= 0.6 is 0 Å². The van der Waals surface area contributed by atoms with Crippen molar-refractivity contribution in [3.63, 3.8) is 0 Å². The first kappa shape index (κ1) is 50.2. The number of carboxylic acids is 2. The van der Waals surface area contributed by atoms with Crippen LogP contribution in [0.15, 0.2) is 60.8 Å². The molecule has 18 nitrogen and oxygen atoms in total. The zero-order valence-corrected chi connectivity index (χ0v) is 37.0. The fourth-order valence-electron chi connectivity index (χ4n) is 9.05. The highest BCUT2D eigenvalue weighted by Crippen LogP contribution is 2.26. The van der Waals surface area contributed by atoms with Crippen molar-refractivity contribution in [1.29, 1.82) is 0 Å². The summed E-state index contributed by atoms with van der Waals surface area (Å²) in [5, 5.41) is 37.6. The number of H-pyrrole nitrogens is 1. The summed E-state index contributed by atoms with van der Waals surface area (Å²) >= 11 is 0. The number of nitrogens with one attached hydrogen (secondary N) is 7. The monoisotopic (exact) mass is 902 g/mol. The minimum Gasteiger partial charge on any atom is -0.481 e. The number of aromatic amines is 1. The number of carbonyl (C=O) groups is 7. The van der Waals surface area contributed by atoms with Gasteiger partial charge in [-0.15, -0.1) is 0 Å². The molecular formula is C47H67N9O9. The Bertz CT molecular complexity index is 2060. The number of nitrogens with two attached hydrogens (primary N) is 2. The van der Waals surface area contributed by atoms with Crippen molar-refractivity contribution in [2.45, 2.75) is 133 Å². The fraction of sp³-hybridized carbons (Fsp3) is 0.553. The molecule has 1 aromatic heterocycles. The highest BCUT2D eigenvalue weighted by Gasteiger charge is 2.35. The molecule has 5 amide bonds. The van der Waals surface area contributed by atoms with Crippen LogP contribution in [0, 0.1) is 11.8 Å². The van der Waals surface area contributed by atoms with Crippen molar-refractivity contribution in [2.75, 3.05) is 19.6 Å². The van der Waals surface area contributed by atoms with Gasteiger partial charge in [-0.3, -0.25) is 33.6 Å². The van der Waals surface area contributed by atoms with Crippen molar-refractivity contribution in [2.24, 2.45) is 23.3 Å². The Hall–Kier alpha value is -5.85. The maximum Gasteiger partial charge on any atom is 0.305 e. The summed E-state index contributed by atoms with van der Waals surface area (Å²) in [6, 6.07) is 13.5. The molecule has 0 unspecified atom stereocenters. The van der Waals surface area contributed by atoms with E-state index in [1.165, 1.54) is 0 Å². The highest BCUT2D eigenvalue weighted by molar-refractivity contribution is 5.86. The molecule has 65 heavy (non-hydrogen) atoms. The number of fused-ring (bicyclic) bond motifs is 1. The number of piperidine rings is 1. The lowest BCUT2D eigenvalue weighted by atomic mass is 9.83. The lowest BCUT2D eigenvalue weighted by Gasteiger charge is -2.33. The molecule has 18 heteroatoms. The maximum absolute atomic E-state index is 14.1. The SMILES string of the molecule is NCCC[C@@H](CC(=O)N[C@@H]1CCCC[C@H]1C(=O)N[C@H](CC(=O)N[C@@H](CCC(=O)O)CC(=O)O)Cc1ccccc1)NC(=O)C[C@H](Cc1c[nH]c2ccccc12)NC(=O)[C@@H]1CNCC[C@H]1N. The Morgan fingerprint density at radius 2 is 1.31 bits per heavy atom. The standard InChI is InChI=1S/C47H67N9O9/c48-19-8-11-31(52-42(58)25-34(55-47(65)37-28-50-20-18-38(37)49)22-30-27-51-39-14-6-4-12-35(30)39)23-43(59)56-40-15-7-5-13-36(40)46(64)54-33(21-29-9-2-1-3-10-29)24-41(57)53-32(26-45(62)63)16-17-44(60)61/h1-4,6,9-10,12,14,27,31-34,36-38,40,50-51H,5,7-8,11,13,15-26,28,48-49H2,(H,52,58)(H,53,57)(H,54,64)(H,55,65)(H,56,59)(H,60,61)(H,62,63)/t31-,32-,33-,34-,36+,37+,38+,40+/m0/s1. The second kappa shape index (κ2) is 25.6. The quantitative estimate of drug-likeness (QED) is 0.0580. The summed E-state index contributed by atoms with van der Waals surface area (Å²) in [5.74, 6) is -5.12. The molecule has 3 aromatic rings. The molecule has 13 N–H and O–H groups in total. The minimum atomic E-state index is -1.18. The molecule has 2 aromatic carbocycles. The summed E-state index contributed by atoms with van der Waals surface area (Å²) in [6.07, 6.45) is 5.64. The first-order chi connectivity index (χ1) is 31.3. The number of benzene rings is 2. The third-order valence-corrected chi connectivity index (χ3v) is 12.4. The summed E-state index contributed by atoms with van der Waals surface area (Å²) in [6.45, 7) is 1.52. The first-order valence-corrected chi connectivity index (χ1v) is 23.0. The third-order valence-electron chi connectivity index (χ3n) is 12.4. The second-order valence-electron chi connectivity index (χ2n) is 17.6. The van der Waals surface area contributed by atoms with Gasteiger partial charge in [-0.2, -0.15) is 0 Å². The van der Waals surface area contributed by atoms with Gasteiger partial charge in [0, 0.05) is 85.6 Å². The lowest BCUT2D eigenvalue weighted by Crippen LogP contribution is -2.54. The molecule has 2 fully saturated rings. The van der Waals surface area contributed by atoms with Crippen LogP contribution in [0.2, 0.25) is 0 Å². The van der Waals surface area contributed by atoms with Gasteiger partial charge in [0.25, 0.3) is 0 Å². The van der Waals surface area contributed by atoms with Crippen LogP contribution in [0.4, 0.5) is 0 Å². The van der Waals surface area contributed by atoms with E-state index in [9.17, 15) is 38.7 Å². The molecule has 2 aliphatic rings. The molecule has 5 rings (SSSR count). The van der Waals surface area contributed by atoms with E-state index in [1.807, 2.05) is 60.8 Å². The Morgan fingerprint density at radius 3 is 1.98 bits per heavy atom. The second-order valence-corrected chi connectivity index (χ2v) is 17.6. The molecular weight excluding hydrogens is 835 g/mol. The van der Waals surface area contributed by atoms with E-state index >= 15 is 0 Å². The number of hydrogen-bond acceptors (Lipinski definition) is 10. The van der Waals surface area contributed by atoms with Crippen LogP contribution in [0.25, 0.3) is 10.9 Å². The summed E-state index contributed by atoms with van der Waals surface area (Å²) in [7, 11) is 0. The molecule has 0 spiro atoms. The Kier molecular flexibility index (Phi) is 19.7. The largest absolute Gasteiger partial charge is 0.481 e. The number of aromatic nitrogens is 1. The average Bonchev–Trinajstić information content (AvgIpc) is 3.67. The number of rotatable bonds is 25. The third kappa shape index (κ3) is 16.6. The smallest absolute Gasteiger partial charge is 0.305 e. The zero-order chi connectivity index (χ0) is 46.7. The van der Waals surface area contributed by atoms with E-state index in [4.69, 9.17) is 16.6 Å². The fourth-order valence-corrected chi connectivity index (χ4v) is 9.05. The van der Waals surface area contributed by atoms with E-state index < -0.39 is 66.3 Å². The summed E-state index contributed by atoms with van der Waals surface area (Å²) in [4.78, 5) is 94.4. The van der Waals surface area contributed by atoms with Crippen molar-refractivity contribution < 1.29 is 43.8 Å². The van der Waals surface area contributed by atoms with Crippen LogP contribution in [-0.4, -0.2) is 113 Å². The minimum absolute atomic E-state index is 0.0447. The summed E-state index contributed by atoms with van der Waals surface area (Å²) < 4.78 is 0. The Labute approximate surface area is 379 Å². The van der Waals surface area contributed by atoms with Gasteiger partial charge in [0.05, 0.1) is 18.3 Å². The zero-order valence-electron chi connectivity index (χ0n) is 37.0. The predicted molar refractivity (Wildman–Crippen MR) is 244 cm³/mol. The predicted octanol–water partition coefficient (Wildman–Crippen LogP) is 1.75. The van der Waals surface area contributed by atoms with Crippen LogP contribution in [0.3, 0.4) is 0 Å². The topological polar surface area (TPSA) is 300 Å². The van der Waals surface area contributed by atoms with E-state index in [0.29, 0.717) is 58.0 Å². The van der Waals surface area contributed by atoms with E-state index in [2.05, 4.69) is 36.9 Å². The number of amides is 5. The van der Waals surface area contributed by atoms with Crippen molar-refractivity contribution in [3.8, 4) is 0 Å². The van der Waals surface area contributed by atoms with E-state index in [1.54, 1.807) is 0 Å². The molecule has 1 saturated carbocycles. The summed E-state index contributed by atoms with van der Waals surface area (Å²) in [5.41, 5.74) is 14.9. The normalized spacial score (nSPS) is 20.3. The van der Waals surface area contributed by atoms with Gasteiger partial charge in [0.15, 0.2) is 0 Å². The van der Waals surface area contributed by atoms with Gasteiger partial charge in [-0.25, -0.2) is 0 Å². The molecule has 8 atom stereocenters. The van der Waals surface area contributed by atoms with Gasteiger partial charge < -0.3 is 58.6 Å². The number of aliphatic carboxylic acids is 2. The number of carboxylic acid groups (broad SMARTS) is 2. The van der Waals surface area contributed by atoms with Crippen molar-refractivity contribution in [3.05, 3.63) is 71.9 Å². The van der Waals surface area contributed by atoms with Crippen LogP contribution in [0.1, 0.15) is 94.6 Å². The van der Waals surface area contributed by atoms with Crippen LogP contribution in [0.5, 0.6) is 0 Å². The lowest BCUT2D eigenvalue weighted by molar-refractivity contribution is -0.140. The van der Waals surface area contributed by atoms with Crippen molar-refractivity contribution >= 4 is 52.4 Å². The van der Waals surface area contributed by atoms with Crippen LogP contribution < -0.4 is 43.4 Å². The van der Waals surface area contributed by atoms with E-state index in [-0.39, 0.29) is 61.8 Å². The Balaban J connectivity index is 1.23. The molecule has 354 valence electrons. The van der Waals surface area contributed by atoms with Gasteiger partial charge in [0.1, 0.15) is 0 Å². The highest BCUT2D eigenvalue weighted by atomic mass is 16.4. The molecule has 1 aliphatic carbocycles. The molecule has 1 aliphatic heterocycles. The number of hydrogen-bond donors (Lipinski definition) is 11. The van der Waals surface area contributed by atoms with Gasteiger partial charge in [-0.1, -0.05) is 61.4 Å². The number of carbonyl (C=O) groups excluding carboxylic acids is 5. The number of para-hydroxylation sites is 1. The van der Waals surface area contributed by atoms with Gasteiger partial charge in [-0.05, 0) is 81.6 Å². The van der Waals surface area contributed by atoms with Gasteiger partial charge >= 0.3 is 11.9 Å². The van der Waals surface area contributed by atoms with Gasteiger partial charge in [0.2, 0.25) is 29.5 Å². The maximum atomic E-state index is 14.1.